The minimum atomic E-state index is -0.850. The summed E-state index contributed by atoms with van der Waals surface area (Å²) in [5, 5.41) is 2.19. The molecule has 0 spiro atoms. The van der Waals surface area contributed by atoms with Crippen LogP contribution >= 0.6 is 15.9 Å². The van der Waals surface area contributed by atoms with Crippen molar-refractivity contribution in [2.45, 2.75) is 6.92 Å². The van der Waals surface area contributed by atoms with Crippen LogP contribution < -0.4 is 19.7 Å². The lowest BCUT2D eigenvalue weighted by atomic mass is 10.0. The number of benzene rings is 3. The van der Waals surface area contributed by atoms with Crippen molar-refractivity contribution in [2.75, 3.05) is 12.0 Å². The number of nitrogens with one attached hydrogen (secondary N) is 1. The molecule has 0 aromatic heterocycles. The monoisotopic (exact) mass is 534 g/mol. The number of aryl methyl sites for hydroxylation is 1. The number of para-hydroxylation sites is 1. The molecule has 0 unspecified atom stereocenters. The molecule has 4 amide bonds. The number of hydrogen-bond donors (Lipinski definition) is 1. The Kier molecular flexibility index (Phi) is 6.79. The summed E-state index contributed by atoms with van der Waals surface area (Å²) in [6, 6.07) is 17.1. The van der Waals surface area contributed by atoms with Gasteiger partial charge in [-0.25, -0.2) is 14.5 Å². The molecule has 1 aliphatic rings. The third-order valence-electron chi connectivity index (χ3n) is 5.26. The first-order chi connectivity index (χ1) is 16.8. The molecule has 8 nitrogen and oxygen atoms in total. The average Bonchev–Trinajstić information content (AvgIpc) is 2.84. The molecule has 0 bridgehead atoms. The molecule has 35 heavy (non-hydrogen) atoms. The van der Waals surface area contributed by atoms with Gasteiger partial charge in [0.1, 0.15) is 17.1 Å². The maximum absolute atomic E-state index is 13.2. The highest BCUT2D eigenvalue weighted by Crippen LogP contribution is 2.29. The van der Waals surface area contributed by atoms with Crippen molar-refractivity contribution in [1.82, 2.24) is 5.32 Å². The molecule has 3 aromatic rings. The van der Waals surface area contributed by atoms with Gasteiger partial charge in [-0.3, -0.25) is 14.9 Å². The van der Waals surface area contributed by atoms with Crippen LogP contribution in [-0.4, -0.2) is 30.9 Å². The van der Waals surface area contributed by atoms with Crippen LogP contribution in [0.2, 0.25) is 0 Å². The number of rotatable bonds is 5. The number of amides is 4. The van der Waals surface area contributed by atoms with Gasteiger partial charge in [-0.05, 0) is 67.1 Å². The normalized spacial score (nSPS) is 14.7. The zero-order valence-electron chi connectivity index (χ0n) is 18.7. The summed E-state index contributed by atoms with van der Waals surface area (Å²) < 4.78 is 11.3. The second kappa shape index (κ2) is 9.94. The highest BCUT2D eigenvalue weighted by molar-refractivity contribution is 9.10. The summed E-state index contributed by atoms with van der Waals surface area (Å²) in [5.41, 5.74) is 1.33. The van der Waals surface area contributed by atoms with Crippen molar-refractivity contribution < 1.29 is 28.7 Å². The molecule has 0 radical (unpaired) electrons. The van der Waals surface area contributed by atoms with Crippen molar-refractivity contribution in [1.29, 1.82) is 0 Å². The summed E-state index contributed by atoms with van der Waals surface area (Å²) in [6.45, 7) is 1.75. The molecule has 9 heteroatoms. The molecule has 1 heterocycles. The van der Waals surface area contributed by atoms with Crippen LogP contribution in [0.4, 0.5) is 10.5 Å². The minimum Gasteiger partial charge on any atom is -0.497 e. The number of hydrogen-bond acceptors (Lipinski definition) is 6. The van der Waals surface area contributed by atoms with E-state index in [2.05, 4.69) is 21.2 Å². The molecular weight excluding hydrogens is 516 g/mol. The lowest BCUT2D eigenvalue weighted by Crippen LogP contribution is -2.54. The fourth-order valence-electron chi connectivity index (χ4n) is 3.46. The van der Waals surface area contributed by atoms with Crippen LogP contribution in [0.25, 0.3) is 6.08 Å². The Bertz CT molecular complexity index is 1380. The molecule has 0 atom stereocenters. The smallest absolute Gasteiger partial charge is 0.343 e. The standard InChI is InChI=1S/C26H19BrN2O6/c1-15-5-3-4-6-21(15)29-24(31)20(23(30)28-26(29)33)14-17-13-18(27)9-12-22(17)35-25(32)16-7-10-19(34-2)11-8-16/h3-14H,1-2H3,(H,28,30,33)/b20-14-. The first kappa shape index (κ1) is 23.9. The number of imide groups is 2. The van der Waals surface area contributed by atoms with Gasteiger partial charge in [0.15, 0.2) is 0 Å². The van der Waals surface area contributed by atoms with E-state index in [1.807, 2.05) is 0 Å². The van der Waals surface area contributed by atoms with Crippen LogP contribution in [0, 0.1) is 6.92 Å². The Hall–Kier alpha value is -4.24. The number of esters is 1. The molecule has 176 valence electrons. The number of anilines is 1. The first-order valence-electron chi connectivity index (χ1n) is 10.4. The Morgan fingerprint density at radius 2 is 1.71 bits per heavy atom. The second-order valence-corrected chi connectivity index (χ2v) is 8.46. The Morgan fingerprint density at radius 1 is 1.00 bits per heavy atom. The van der Waals surface area contributed by atoms with E-state index in [9.17, 15) is 19.2 Å². The van der Waals surface area contributed by atoms with Gasteiger partial charge in [0.05, 0.1) is 18.4 Å². The predicted molar refractivity (Wildman–Crippen MR) is 132 cm³/mol. The number of carbonyl (C=O) groups excluding carboxylic acids is 4. The molecule has 3 aromatic carbocycles. The summed E-state index contributed by atoms with van der Waals surface area (Å²) in [6.07, 6.45) is 1.29. The quantitative estimate of drug-likeness (QED) is 0.221. The highest BCUT2D eigenvalue weighted by Gasteiger charge is 2.37. The second-order valence-electron chi connectivity index (χ2n) is 7.54. The van der Waals surface area contributed by atoms with Gasteiger partial charge in [0.2, 0.25) is 0 Å². The van der Waals surface area contributed by atoms with Gasteiger partial charge in [-0.1, -0.05) is 34.1 Å². The maximum atomic E-state index is 13.2. The molecular formula is C26H19BrN2O6. The number of nitrogens with zero attached hydrogens (tertiary/aromatic N) is 1. The van der Waals surface area contributed by atoms with Gasteiger partial charge in [-0.15, -0.1) is 0 Å². The van der Waals surface area contributed by atoms with Crippen LogP contribution in [0.15, 0.2) is 76.8 Å². The van der Waals surface area contributed by atoms with Crippen LogP contribution in [0.5, 0.6) is 11.5 Å². The fourth-order valence-corrected chi connectivity index (χ4v) is 3.84. The van der Waals surface area contributed by atoms with Crippen molar-refractivity contribution in [2.24, 2.45) is 0 Å². The third kappa shape index (κ3) is 4.99. The van der Waals surface area contributed by atoms with E-state index in [1.165, 1.54) is 19.3 Å². The number of barbiturate groups is 1. The third-order valence-corrected chi connectivity index (χ3v) is 5.75. The van der Waals surface area contributed by atoms with E-state index in [0.717, 1.165) is 4.90 Å². The fraction of sp³-hybridized carbons (Fsp3) is 0.0769. The lowest BCUT2D eigenvalue weighted by Gasteiger charge is -2.27. The highest BCUT2D eigenvalue weighted by atomic mass is 79.9. The molecule has 1 fully saturated rings. The number of methoxy groups -OCH3 is 1. The molecule has 1 aliphatic heterocycles. The van der Waals surface area contributed by atoms with E-state index in [4.69, 9.17) is 9.47 Å². The zero-order valence-corrected chi connectivity index (χ0v) is 20.3. The largest absolute Gasteiger partial charge is 0.497 e. The van der Waals surface area contributed by atoms with E-state index in [0.29, 0.717) is 27.0 Å². The molecule has 0 saturated carbocycles. The van der Waals surface area contributed by atoms with Gasteiger partial charge >= 0.3 is 12.0 Å². The summed E-state index contributed by atoms with van der Waals surface area (Å²) in [5.74, 6) is -1.56. The number of carbonyl (C=O) groups is 4. The van der Waals surface area contributed by atoms with E-state index >= 15 is 0 Å². The predicted octanol–water partition coefficient (Wildman–Crippen LogP) is 4.65. The van der Waals surface area contributed by atoms with Gasteiger partial charge < -0.3 is 9.47 Å². The number of halogens is 1. The van der Waals surface area contributed by atoms with Gasteiger partial charge in [0.25, 0.3) is 11.8 Å². The Morgan fingerprint density at radius 3 is 2.40 bits per heavy atom. The first-order valence-corrected chi connectivity index (χ1v) is 11.2. The molecule has 0 aliphatic carbocycles. The van der Waals surface area contributed by atoms with Crippen LogP contribution in [0.3, 0.4) is 0 Å². The zero-order chi connectivity index (χ0) is 25.1. The number of ether oxygens (including phenoxy) is 2. The van der Waals surface area contributed by atoms with Crippen molar-refractivity contribution in [3.63, 3.8) is 0 Å². The SMILES string of the molecule is COc1ccc(C(=O)Oc2ccc(Br)cc2/C=C2/C(=O)NC(=O)N(c3ccccc3C)C2=O)cc1. The van der Waals surface area contributed by atoms with Crippen molar-refractivity contribution >= 4 is 51.5 Å². The van der Waals surface area contributed by atoms with E-state index < -0.39 is 23.8 Å². The molecule has 4 rings (SSSR count). The summed E-state index contributed by atoms with van der Waals surface area (Å²) >= 11 is 3.35. The van der Waals surface area contributed by atoms with E-state index in [-0.39, 0.29) is 16.9 Å². The van der Waals surface area contributed by atoms with Crippen LogP contribution in [-0.2, 0) is 9.59 Å². The van der Waals surface area contributed by atoms with Crippen LogP contribution in [0.1, 0.15) is 21.5 Å². The topological polar surface area (TPSA) is 102 Å². The minimum absolute atomic E-state index is 0.126. The Labute approximate surface area is 209 Å². The van der Waals surface area contributed by atoms with Crippen molar-refractivity contribution in [3.8, 4) is 11.5 Å². The summed E-state index contributed by atoms with van der Waals surface area (Å²) in [4.78, 5) is 51.9. The number of urea groups is 1. The molecule has 1 N–H and O–H groups in total. The van der Waals surface area contributed by atoms with Gasteiger partial charge in [-0.2, -0.15) is 0 Å². The molecule has 1 saturated heterocycles. The average molecular weight is 535 g/mol. The van der Waals surface area contributed by atoms with Gasteiger partial charge in [0, 0.05) is 10.0 Å². The Balaban J connectivity index is 1.70. The van der Waals surface area contributed by atoms with Crippen molar-refractivity contribution in [3.05, 3.63) is 93.5 Å². The lowest BCUT2D eigenvalue weighted by molar-refractivity contribution is -0.122. The summed E-state index contributed by atoms with van der Waals surface area (Å²) in [7, 11) is 1.52. The maximum Gasteiger partial charge on any atom is 0.343 e. The van der Waals surface area contributed by atoms with E-state index in [1.54, 1.807) is 67.6 Å².